The van der Waals surface area contributed by atoms with Crippen molar-refractivity contribution in [1.29, 1.82) is 0 Å². The molecule has 1 fully saturated rings. The van der Waals surface area contributed by atoms with Gasteiger partial charge in [0.1, 0.15) is 0 Å². The van der Waals surface area contributed by atoms with Crippen LogP contribution in [0.3, 0.4) is 0 Å². The van der Waals surface area contributed by atoms with Gasteiger partial charge in [-0.2, -0.15) is 0 Å². The summed E-state index contributed by atoms with van der Waals surface area (Å²) in [5, 5.41) is 5.91. The predicted octanol–water partition coefficient (Wildman–Crippen LogP) is 4.68. The largest absolute Gasteiger partial charge is 0.338 e. The van der Waals surface area contributed by atoms with Crippen molar-refractivity contribution in [3.05, 3.63) is 29.8 Å². The van der Waals surface area contributed by atoms with Crippen LogP contribution in [0.2, 0.25) is 0 Å². The normalized spacial score (nSPS) is 15.6. The van der Waals surface area contributed by atoms with Crippen LogP contribution in [0.15, 0.2) is 24.3 Å². The summed E-state index contributed by atoms with van der Waals surface area (Å²) in [6.07, 6.45) is 8.57. The Morgan fingerprint density at radius 3 is 2.85 bits per heavy atom. The summed E-state index contributed by atoms with van der Waals surface area (Å²) in [5.41, 5.74) is 1.81. The molecule has 5 nitrogen and oxygen atoms in total. The Hall–Kier alpha value is -2.04. The van der Waals surface area contributed by atoms with Gasteiger partial charge in [-0.1, -0.05) is 44.7 Å². The lowest BCUT2D eigenvalue weighted by Crippen LogP contribution is -2.36. The second-order valence-corrected chi connectivity index (χ2v) is 7.32. The van der Waals surface area contributed by atoms with Gasteiger partial charge < -0.3 is 15.5 Å². The molecule has 0 aliphatic carbocycles. The van der Waals surface area contributed by atoms with Crippen molar-refractivity contribution in [1.82, 2.24) is 10.2 Å². The number of carbonyl (C=O) groups is 2. The zero-order chi connectivity index (χ0) is 18.8. The van der Waals surface area contributed by atoms with Crippen molar-refractivity contribution in [2.45, 2.75) is 77.8 Å². The van der Waals surface area contributed by atoms with Gasteiger partial charge in [-0.15, -0.1) is 0 Å². The standard InChI is InChI=1S/C21H33N3O2/c1-3-4-5-6-10-17(2)22-21(26)23-19-12-9-11-18(15-19)16-24-14-8-7-13-20(24)25/h9,11-12,15,17H,3-8,10,13-14,16H2,1-2H3,(H2,22,23,26). The van der Waals surface area contributed by atoms with Gasteiger partial charge in [0.2, 0.25) is 5.91 Å². The summed E-state index contributed by atoms with van der Waals surface area (Å²) in [6, 6.07) is 7.76. The smallest absolute Gasteiger partial charge is 0.319 e. The Morgan fingerprint density at radius 1 is 1.23 bits per heavy atom. The van der Waals surface area contributed by atoms with Gasteiger partial charge in [0.25, 0.3) is 0 Å². The van der Waals surface area contributed by atoms with Crippen molar-refractivity contribution in [2.24, 2.45) is 0 Å². The molecule has 1 saturated heterocycles. The molecule has 2 N–H and O–H groups in total. The molecule has 1 aliphatic heterocycles. The number of piperidine rings is 1. The molecule has 0 saturated carbocycles. The van der Waals surface area contributed by atoms with E-state index in [-0.39, 0.29) is 18.0 Å². The third kappa shape index (κ3) is 7.06. The van der Waals surface area contributed by atoms with E-state index in [1.165, 1.54) is 19.3 Å². The van der Waals surface area contributed by atoms with Crippen LogP contribution in [0.1, 0.15) is 70.8 Å². The molecule has 0 aromatic heterocycles. The molecule has 3 amide bonds. The quantitative estimate of drug-likeness (QED) is 0.629. The second kappa shape index (κ2) is 10.8. The summed E-state index contributed by atoms with van der Waals surface area (Å²) in [5.74, 6) is 0.226. The number of carbonyl (C=O) groups excluding carboxylic acids is 2. The number of amides is 3. The highest BCUT2D eigenvalue weighted by atomic mass is 16.2. The number of nitrogens with zero attached hydrogens (tertiary/aromatic N) is 1. The first kappa shape index (κ1) is 20.3. The van der Waals surface area contributed by atoms with Gasteiger partial charge in [0.05, 0.1) is 0 Å². The molecule has 0 radical (unpaired) electrons. The van der Waals surface area contributed by atoms with Crippen molar-refractivity contribution < 1.29 is 9.59 Å². The number of hydrogen-bond donors (Lipinski definition) is 2. The Bertz CT molecular complexity index is 588. The number of benzene rings is 1. The van der Waals surface area contributed by atoms with E-state index in [1.54, 1.807) is 0 Å². The number of rotatable bonds is 9. The zero-order valence-electron chi connectivity index (χ0n) is 16.2. The summed E-state index contributed by atoms with van der Waals surface area (Å²) < 4.78 is 0. The average Bonchev–Trinajstić information content (AvgIpc) is 2.61. The average molecular weight is 360 g/mol. The van der Waals surface area contributed by atoms with Crippen LogP contribution >= 0.6 is 0 Å². The maximum absolute atomic E-state index is 12.2. The molecule has 0 spiro atoms. The van der Waals surface area contributed by atoms with E-state index in [9.17, 15) is 9.59 Å². The van der Waals surface area contributed by atoms with E-state index in [0.29, 0.717) is 13.0 Å². The van der Waals surface area contributed by atoms with E-state index in [1.807, 2.05) is 36.1 Å². The molecule has 1 atom stereocenters. The third-order valence-electron chi connectivity index (χ3n) is 4.85. The van der Waals surface area contributed by atoms with Gasteiger partial charge >= 0.3 is 6.03 Å². The maximum atomic E-state index is 12.2. The Kier molecular flexibility index (Phi) is 8.45. The Balaban J connectivity index is 1.79. The van der Waals surface area contributed by atoms with E-state index in [2.05, 4.69) is 17.6 Å². The number of anilines is 1. The van der Waals surface area contributed by atoms with Crippen LogP contribution in [0.25, 0.3) is 0 Å². The fourth-order valence-corrected chi connectivity index (χ4v) is 3.34. The molecule has 1 aliphatic rings. The molecule has 5 heteroatoms. The molecular weight excluding hydrogens is 326 g/mol. The molecule has 26 heavy (non-hydrogen) atoms. The van der Waals surface area contributed by atoms with Crippen molar-refractivity contribution in [3.8, 4) is 0 Å². The summed E-state index contributed by atoms with van der Waals surface area (Å²) in [4.78, 5) is 26.0. The van der Waals surface area contributed by atoms with Crippen LogP contribution in [0, 0.1) is 0 Å². The highest BCUT2D eigenvalue weighted by Gasteiger charge is 2.18. The van der Waals surface area contributed by atoms with Crippen LogP contribution in [-0.4, -0.2) is 29.4 Å². The molecule has 1 unspecified atom stereocenters. The topological polar surface area (TPSA) is 61.4 Å². The molecule has 1 heterocycles. The van der Waals surface area contributed by atoms with Crippen LogP contribution in [-0.2, 0) is 11.3 Å². The molecule has 2 rings (SSSR count). The number of nitrogens with one attached hydrogen (secondary N) is 2. The minimum absolute atomic E-state index is 0.167. The van der Waals surface area contributed by atoms with Gasteiger partial charge in [-0.25, -0.2) is 4.79 Å². The van der Waals surface area contributed by atoms with E-state index < -0.39 is 0 Å². The van der Waals surface area contributed by atoms with Crippen molar-refractivity contribution >= 4 is 17.6 Å². The summed E-state index contributed by atoms with van der Waals surface area (Å²) >= 11 is 0. The highest BCUT2D eigenvalue weighted by Crippen LogP contribution is 2.17. The van der Waals surface area contributed by atoms with Crippen molar-refractivity contribution in [2.75, 3.05) is 11.9 Å². The molecule has 1 aromatic carbocycles. The predicted molar refractivity (Wildman–Crippen MR) is 106 cm³/mol. The number of unbranched alkanes of at least 4 members (excludes halogenated alkanes) is 3. The van der Waals surface area contributed by atoms with Crippen LogP contribution in [0.5, 0.6) is 0 Å². The number of urea groups is 1. The Labute approximate surface area is 157 Å². The lowest BCUT2D eigenvalue weighted by Gasteiger charge is -2.26. The first-order valence-corrected chi connectivity index (χ1v) is 10.0. The molecule has 144 valence electrons. The lowest BCUT2D eigenvalue weighted by atomic mass is 10.1. The molecule has 0 bridgehead atoms. The van der Waals surface area contributed by atoms with Crippen LogP contribution in [0.4, 0.5) is 10.5 Å². The van der Waals surface area contributed by atoms with E-state index in [0.717, 1.165) is 43.5 Å². The lowest BCUT2D eigenvalue weighted by molar-refractivity contribution is -0.133. The van der Waals surface area contributed by atoms with Gasteiger partial charge in [-0.3, -0.25) is 4.79 Å². The van der Waals surface area contributed by atoms with Crippen LogP contribution < -0.4 is 10.6 Å². The monoisotopic (exact) mass is 359 g/mol. The number of hydrogen-bond acceptors (Lipinski definition) is 2. The van der Waals surface area contributed by atoms with Crippen molar-refractivity contribution in [3.63, 3.8) is 0 Å². The summed E-state index contributed by atoms with van der Waals surface area (Å²) in [7, 11) is 0. The van der Waals surface area contributed by atoms with Gasteiger partial charge in [0.15, 0.2) is 0 Å². The minimum atomic E-state index is -0.167. The highest BCUT2D eigenvalue weighted by molar-refractivity contribution is 5.89. The first-order valence-electron chi connectivity index (χ1n) is 10.0. The molecular formula is C21H33N3O2. The van der Waals surface area contributed by atoms with Gasteiger partial charge in [-0.05, 0) is 43.9 Å². The first-order chi connectivity index (χ1) is 12.6. The Morgan fingerprint density at radius 2 is 2.08 bits per heavy atom. The third-order valence-corrected chi connectivity index (χ3v) is 4.85. The SMILES string of the molecule is CCCCCCC(C)NC(=O)Nc1cccc(CN2CCCCC2=O)c1. The zero-order valence-corrected chi connectivity index (χ0v) is 16.2. The maximum Gasteiger partial charge on any atom is 0.319 e. The van der Waals surface area contributed by atoms with E-state index in [4.69, 9.17) is 0 Å². The summed E-state index contributed by atoms with van der Waals surface area (Å²) in [6.45, 7) is 5.69. The minimum Gasteiger partial charge on any atom is -0.338 e. The van der Waals surface area contributed by atoms with E-state index >= 15 is 0 Å². The fourth-order valence-electron chi connectivity index (χ4n) is 3.34. The molecule has 1 aromatic rings. The second-order valence-electron chi connectivity index (χ2n) is 7.32. The number of likely N-dealkylation sites (tertiary alicyclic amines) is 1. The fraction of sp³-hybridized carbons (Fsp3) is 0.619. The van der Waals surface area contributed by atoms with Gasteiger partial charge in [0, 0.05) is 31.2 Å².